The molecule has 1 aromatic rings. The second-order valence-corrected chi connectivity index (χ2v) is 6.47. The van der Waals surface area contributed by atoms with Gasteiger partial charge in [0.2, 0.25) is 5.91 Å². The SMILES string of the molecule is C[C@H]1C[C@H](C)CN(C(=O)CSc2nc(N)cc(=O)[nH]2)C1. The monoisotopic (exact) mass is 296 g/mol. The standard InChI is InChI=1S/C13H20N4O2S/c1-8-3-9(2)6-17(5-8)12(19)7-20-13-15-10(14)4-11(18)16-13/h4,8-9H,3,5-7H2,1-2H3,(H3,14,15,16,18)/t8-,9-/m0/s1. The molecule has 7 heteroatoms. The van der Waals surface area contributed by atoms with Crippen LogP contribution < -0.4 is 11.3 Å². The van der Waals surface area contributed by atoms with E-state index in [1.54, 1.807) is 0 Å². The number of nitrogens with one attached hydrogen (secondary N) is 1. The van der Waals surface area contributed by atoms with Crippen molar-refractivity contribution in [1.82, 2.24) is 14.9 Å². The Morgan fingerprint density at radius 2 is 2.15 bits per heavy atom. The average Bonchev–Trinajstić information content (AvgIpc) is 2.33. The first-order chi connectivity index (χ1) is 9.44. The Hall–Kier alpha value is -1.50. The van der Waals surface area contributed by atoms with Crippen LogP contribution in [0.2, 0.25) is 0 Å². The molecular weight excluding hydrogens is 276 g/mol. The number of piperidine rings is 1. The number of rotatable bonds is 3. The second kappa shape index (κ2) is 6.30. The zero-order valence-corrected chi connectivity index (χ0v) is 12.6. The lowest BCUT2D eigenvalue weighted by atomic mass is 9.92. The van der Waals surface area contributed by atoms with Gasteiger partial charge in [0, 0.05) is 19.2 Å². The fourth-order valence-corrected chi connectivity index (χ4v) is 3.40. The third-order valence-corrected chi connectivity index (χ3v) is 4.15. The fourth-order valence-electron chi connectivity index (χ4n) is 2.61. The van der Waals surface area contributed by atoms with Crippen LogP contribution in [0.25, 0.3) is 0 Å². The van der Waals surface area contributed by atoms with Crippen molar-refractivity contribution in [1.29, 1.82) is 0 Å². The number of carbonyl (C=O) groups is 1. The molecular formula is C13H20N4O2S. The Labute approximate surface area is 122 Å². The van der Waals surface area contributed by atoms with Crippen LogP contribution >= 0.6 is 11.8 Å². The van der Waals surface area contributed by atoms with E-state index in [-0.39, 0.29) is 23.0 Å². The largest absolute Gasteiger partial charge is 0.383 e. The lowest BCUT2D eigenvalue weighted by Crippen LogP contribution is -2.43. The van der Waals surface area contributed by atoms with E-state index in [0.717, 1.165) is 13.1 Å². The van der Waals surface area contributed by atoms with Crippen LogP contribution in [0.3, 0.4) is 0 Å². The van der Waals surface area contributed by atoms with Gasteiger partial charge >= 0.3 is 0 Å². The maximum atomic E-state index is 12.2. The van der Waals surface area contributed by atoms with Gasteiger partial charge in [-0.15, -0.1) is 0 Å². The van der Waals surface area contributed by atoms with E-state index < -0.39 is 0 Å². The molecule has 1 amide bonds. The van der Waals surface area contributed by atoms with Gasteiger partial charge in [0.1, 0.15) is 5.82 Å². The Kier molecular flexibility index (Phi) is 4.69. The number of nitrogens with zero attached hydrogens (tertiary/aromatic N) is 2. The van der Waals surface area contributed by atoms with E-state index in [2.05, 4.69) is 23.8 Å². The fraction of sp³-hybridized carbons (Fsp3) is 0.615. The van der Waals surface area contributed by atoms with Crippen molar-refractivity contribution in [3.63, 3.8) is 0 Å². The zero-order chi connectivity index (χ0) is 14.7. The summed E-state index contributed by atoms with van der Waals surface area (Å²) in [5.41, 5.74) is 5.21. The first kappa shape index (κ1) is 14.9. The summed E-state index contributed by atoms with van der Waals surface area (Å²) in [6.45, 7) is 5.95. The minimum Gasteiger partial charge on any atom is -0.383 e. The molecule has 1 saturated heterocycles. The lowest BCUT2D eigenvalue weighted by molar-refractivity contribution is -0.130. The molecule has 1 aliphatic heterocycles. The van der Waals surface area contributed by atoms with Crippen LogP contribution in [0, 0.1) is 11.8 Å². The van der Waals surface area contributed by atoms with Gasteiger partial charge in [-0.05, 0) is 18.3 Å². The van der Waals surface area contributed by atoms with Crippen LogP contribution in [0.1, 0.15) is 20.3 Å². The highest BCUT2D eigenvalue weighted by Gasteiger charge is 2.25. The average molecular weight is 296 g/mol. The maximum absolute atomic E-state index is 12.2. The molecule has 1 aromatic heterocycles. The molecule has 110 valence electrons. The first-order valence-corrected chi connectivity index (χ1v) is 7.70. The van der Waals surface area contributed by atoms with Crippen molar-refractivity contribution in [3.05, 3.63) is 16.4 Å². The quantitative estimate of drug-likeness (QED) is 0.640. The molecule has 2 heterocycles. The van der Waals surface area contributed by atoms with Gasteiger partial charge < -0.3 is 15.6 Å². The van der Waals surface area contributed by atoms with Gasteiger partial charge in [0.15, 0.2) is 5.16 Å². The van der Waals surface area contributed by atoms with Gasteiger partial charge in [-0.3, -0.25) is 9.59 Å². The highest BCUT2D eigenvalue weighted by molar-refractivity contribution is 7.99. The van der Waals surface area contributed by atoms with Crippen molar-refractivity contribution >= 4 is 23.5 Å². The molecule has 1 aliphatic rings. The lowest BCUT2D eigenvalue weighted by Gasteiger charge is -2.34. The minimum absolute atomic E-state index is 0.0819. The maximum Gasteiger partial charge on any atom is 0.253 e. The molecule has 6 nitrogen and oxygen atoms in total. The molecule has 0 bridgehead atoms. The van der Waals surface area contributed by atoms with Crippen molar-refractivity contribution < 1.29 is 4.79 Å². The highest BCUT2D eigenvalue weighted by Crippen LogP contribution is 2.22. The summed E-state index contributed by atoms with van der Waals surface area (Å²) >= 11 is 1.22. The molecule has 3 N–H and O–H groups in total. The number of thioether (sulfide) groups is 1. The van der Waals surface area contributed by atoms with Crippen LogP contribution in [0.5, 0.6) is 0 Å². The summed E-state index contributed by atoms with van der Waals surface area (Å²) in [5, 5.41) is 0.390. The highest BCUT2D eigenvalue weighted by atomic mass is 32.2. The van der Waals surface area contributed by atoms with Crippen molar-refractivity contribution in [3.8, 4) is 0 Å². The van der Waals surface area contributed by atoms with Gasteiger partial charge in [0.05, 0.1) is 5.75 Å². The molecule has 2 atom stereocenters. The van der Waals surface area contributed by atoms with Crippen LogP contribution in [0.4, 0.5) is 5.82 Å². The first-order valence-electron chi connectivity index (χ1n) is 6.71. The number of amides is 1. The van der Waals surface area contributed by atoms with Crippen molar-refractivity contribution in [2.75, 3.05) is 24.6 Å². The Balaban J connectivity index is 1.93. The molecule has 0 aliphatic carbocycles. The molecule has 0 radical (unpaired) electrons. The molecule has 0 saturated carbocycles. The number of nitrogens with two attached hydrogens (primary N) is 1. The Bertz CT molecular complexity index is 535. The molecule has 0 spiro atoms. The van der Waals surface area contributed by atoms with E-state index in [9.17, 15) is 9.59 Å². The van der Waals surface area contributed by atoms with Gasteiger partial charge in [-0.2, -0.15) is 0 Å². The summed E-state index contributed by atoms with van der Waals surface area (Å²) in [7, 11) is 0. The van der Waals surface area contributed by atoms with Crippen molar-refractivity contribution in [2.45, 2.75) is 25.4 Å². The predicted octanol–water partition coefficient (Wildman–Crippen LogP) is 0.949. The molecule has 0 unspecified atom stereocenters. The number of carbonyl (C=O) groups excluding carboxylic acids is 1. The Morgan fingerprint density at radius 3 is 2.75 bits per heavy atom. The van der Waals surface area contributed by atoms with Gasteiger partial charge in [0.25, 0.3) is 5.56 Å². The van der Waals surface area contributed by atoms with E-state index in [1.165, 1.54) is 24.2 Å². The number of aromatic amines is 1. The molecule has 2 rings (SSSR count). The minimum atomic E-state index is -0.298. The Morgan fingerprint density at radius 1 is 1.50 bits per heavy atom. The third kappa shape index (κ3) is 4.00. The number of nitrogen functional groups attached to an aromatic ring is 1. The summed E-state index contributed by atoms with van der Waals surface area (Å²) in [6, 6.07) is 1.22. The normalized spacial score (nSPS) is 22.8. The second-order valence-electron chi connectivity index (χ2n) is 5.51. The third-order valence-electron chi connectivity index (χ3n) is 3.29. The number of hydrogen-bond acceptors (Lipinski definition) is 5. The summed E-state index contributed by atoms with van der Waals surface area (Å²) in [5.74, 6) is 1.60. The van der Waals surface area contributed by atoms with Gasteiger partial charge in [-0.25, -0.2) is 4.98 Å². The predicted molar refractivity (Wildman–Crippen MR) is 79.5 cm³/mol. The van der Waals surface area contributed by atoms with E-state index >= 15 is 0 Å². The molecule has 20 heavy (non-hydrogen) atoms. The van der Waals surface area contributed by atoms with E-state index in [4.69, 9.17) is 5.73 Å². The van der Waals surface area contributed by atoms with Crippen LogP contribution in [-0.2, 0) is 4.79 Å². The summed E-state index contributed by atoms with van der Waals surface area (Å²) in [6.07, 6.45) is 1.17. The molecule has 1 fully saturated rings. The summed E-state index contributed by atoms with van der Waals surface area (Å²) < 4.78 is 0. The van der Waals surface area contributed by atoms with Crippen LogP contribution in [-0.4, -0.2) is 39.6 Å². The zero-order valence-electron chi connectivity index (χ0n) is 11.8. The van der Waals surface area contributed by atoms with E-state index in [1.807, 2.05) is 4.90 Å². The van der Waals surface area contributed by atoms with Crippen molar-refractivity contribution in [2.24, 2.45) is 11.8 Å². The van der Waals surface area contributed by atoms with Gasteiger partial charge in [-0.1, -0.05) is 25.6 Å². The molecule has 0 aromatic carbocycles. The van der Waals surface area contributed by atoms with Crippen LogP contribution in [0.15, 0.2) is 16.0 Å². The number of likely N-dealkylation sites (tertiary alicyclic amines) is 1. The number of hydrogen-bond donors (Lipinski definition) is 2. The summed E-state index contributed by atoms with van der Waals surface area (Å²) in [4.78, 5) is 31.9. The number of aromatic nitrogens is 2. The number of anilines is 1. The van der Waals surface area contributed by atoms with E-state index in [0.29, 0.717) is 17.0 Å². The topological polar surface area (TPSA) is 92.1 Å². The number of H-pyrrole nitrogens is 1. The smallest absolute Gasteiger partial charge is 0.253 e.